The van der Waals surface area contributed by atoms with Crippen molar-refractivity contribution in [3.8, 4) is 0 Å². The summed E-state index contributed by atoms with van der Waals surface area (Å²) in [6.45, 7) is 2.33. The van der Waals surface area contributed by atoms with E-state index in [1.807, 2.05) is 12.3 Å². The average molecular weight is 344 g/mol. The molecule has 132 valence electrons. The number of rotatable bonds is 5. The van der Waals surface area contributed by atoms with Crippen molar-refractivity contribution in [1.29, 1.82) is 0 Å². The maximum Gasteiger partial charge on any atom is 0.133 e. The minimum absolute atomic E-state index is 0.348. The number of halogens is 2. The van der Waals surface area contributed by atoms with Gasteiger partial charge in [-0.15, -0.1) is 0 Å². The second kappa shape index (κ2) is 6.67. The first-order valence-corrected chi connectivity index (χ1v) is 8.81. The Hall–Kier alpha value is -2.08. The van der Waals surface area contributed by atoms with Gasteiger partial charge >= 0.3 is 0 Å². The maximum atomic E-state index is 13.4. The number of likely N-dealkylation sites (N-methyl/N-ethyl adjacent to an activating group) is 1. The van der Waals surface area contributed by atoms with Crippen LogP contribution in [0.1, 0.15) is 36.6 Å². The summed E-state index contributed by atoms with van der Waals surface area (Å²) in [4.78, 5) is 13.5. The van der Waals surface area contributed by atoms with Crippen molar-refractivity contribution in [3.05, 3.63) is 53.5 Å². The van der Waals surface area contributed by atoms with Gasteiger partial charge in [0.1, 0.15) is 23.3 Å². The molecule has 1 aromatic heterocycles. The Labute approximate surface area is 146 Å². The van der Waals surface area contributed by atoms with Crippen LogP contribution in [0.2, 0.25) is 0 Å². The predicted octanol–water partition coefficient (Wildman–Crippen LogP) is 3.34. The zero-order valence-corrected chi connectivity index (χ0v) is 14.3. The highest BCUT2D eigenvalue weighted by Gasteiger charge is 2.29. The Kier molecular flexibility index (Phi) is 4.37. The van der Waals surface area contributed by atoms with Gasteiger partial charge < -0.3 is 4.90 Å². The second-order valence-corrected chi connectivity index (χ2v) is 7.11. The molecule has 0 N–H and O–H groups in total. The molecule has 0 radical (unpaired) electrons. The molecular formula is C19H22F2N4. The van der Waals surface area contributed by atoms with E-state index in [-0.39, 0.29) is 0 Å². The summed E-state index contributed by atoms with van der Waals surface area (Å²) in [6, 6.07) is 6.03. The summed E-state index contributed by atoms with van der Waals surface area (Å²) in [5, 5.41) is 0. The molecule has 0 spiro atoms. The van der Waals surface area contributed by atoms with E-state index in [1.165, 1.54) is 25.0 Å². The van der Waals surface area contributed by atoms with Crippen molar-refractivity contribution in [3.63, 3.8) is 0 Å². The Balaban J connectivity index is 1.40. The molecule has 2 aromatic rings. The lowest BCUT2D eigenvalue weighted by Crippen LogP contribution is -2.35. The fraction of sp³-hybridized carbons (Fsp3) is 0.474. The highest BCUT2D eigenvalue weighted by atomic mass is 19.1. The average Bonchev–Trinajstić information content (AvgIpc) is 3.33. The third-order valence-electron chi connectivity index (χ3n) is 5.09. The lowest BCUT2D eigenvalue weighted by molar-refractivity contribution is 0.324. The SMILES string of the molecule is CN(c1ccnc(C2CC2)n1)C1CCN(Cc2cc(F)cc(F)c2)C1. The second-order valence-electron chi connectivity index (χ2n) is 7.11. The zero-order chi connectivity index (χ0) is 17.4. The first kappa shape index (κ1) is 16.4. The van der Waals surface area contributed by atoms with E-state index in [4.69, 9.17) is 4.98 Å². The van der Waals surface area contributed by atoms with Crippen LogP contribution in [0.5, 0.6) is 0 Å². The van der Waals surface area contributed by atoms with Crippen LogP contribution >= 0.6 is 0 Å². The lowest BCUT2D eigenvalue weighted by atomic mass is 10.2. The summed E-state index contributed by atoms with van der Waals surface area (Å²) in [5.41, 5.74) is 0.679. The van der Waals surface area contributed by atoms with Crippen LogP contribution in [0.3, 0.4) is 0 Å². The van der Waals surface area contributed by atoms with Crippen molar-refractivity contribution in [2.24, 2.45) is 0 Å². The Morgan fingerprint density at radius 1 is 1.16 bits per heavy atom. The standard InChI is InChI=1S/C19H22F2N4/c1-24(18-4-6-22-19(23-18)14-2-3-14)17-5-7-25(12-17)11-13-8-15(20)10-16(21)9-13/h4,6,8-10,14,17H,2-3,5,7,11-12H2,1H3. The van der Waals surface area contributed by atoms with E-state index in [9.17, 15) is 8.78 Å². The number of likely N-dealkylation sites (tertiary alicyclic amines) is 1. The number of hydrogen-bond donors (Lipinski definition) is 0. The van der Waals surface area contributed by atoms with E-state index in [2.05, 4.69) is 21.8 Å². The minimum Gasteiger partial charge on any atom is -0.355 e. The van der Waals surface area contributed by atoms with E-state index in [1.54, 1.807) is 0 Å². The maximum absolute atomic E-state index is 13.4. The van der Waals surface area contributed by atoms with Gasteiger partial charge in [-0.05, 0) is 43.0 Å². The molecule has 1 unspecified atom stereocenters. The van der Waals surface area contributed by atoms with Gasteiger partial charge in [0.05, 0.1) is 0 Å². The molecule has 1 aliphatic carbocycles. The topological polar surface area (TPSA) is 32.3 Å². The first-order chi connectivity index (χ1) is 12.1. The molecule has 1 aromatic carbocycles. The van der Waals surface area contributed by atoms with Gasteiger partial charge in [0, 0.05) is 50.9 Å². The van der Waals surface area contributed by atoms with Crippen LogP contribution in [0.15, 0.2) is 30.5 Å². The number of aromatic nitrogens is 2. The number of benzene rings is 1. The molecular weight excluding hydrogens is 322 g/mol. The summed E-state index contributed by atoms with van der Waals surface area (Å²) in [6.07, 6.45) is 5.23. The molecule has 6 heteroatoms. The first-order valence-electron chi connectivity index (χ1n) is 8.81. The highest BCUT2D eigenvalue weighted by Crippen LogP contribution is 2.38. The summed E-state index contributed by atoms with van der Waals surface area (Å²) in [7, 11) is 2.06. The van der Waals surface area contributed by atoms with Gasteiger partial charge in [-0.1, -0.05) is 0 Å². The summed E-state index contributed by atoms with van der Waals surface area (Å²) < 4.78 is 26.7. The molecule has 0 bridgehead atoms. The number of anilines is 1. The molecule has 0 amide bonds. The normalized spacial score (nSPS) is 20.8. The molecule has 1 saturated carbocycles. The van der Waals surface area contributed by atoms with Gasteiger partial charge in [-0.25, -0.2) is 18.7 Å². The van der Waals surface area contributed by atoms with Crippen molar-refractivity contribution >= 4 is 5.82 Å². The van der Waals surface area contributed by atoms with E-state index >= 15 is 0 Å². The molecule has 4 rings (SSSR count). The molecule has 2 heterocycles. The molecule has 1 atom stereocenters. The molecule has 4 nitrogen and oxygen atoms in total. The number of nitrogens with zero attached hydrogens (tertiary/aromatic N) is 4. The quantitative estimate of drug-likeness (QED) is 0.833. The van der Waals surface area contributed by atoms with E-state index in [0.717, 1.165) is 37.2 Å². The van der Waals surface area contributed by atoms with Gasteiger partial charge in [-0.3, -0.25) is 4.90 Å². The molecule has 2 aliphatic rings. The van der Waals surface area contributed by atoms with Gasteiger partial charge in [0.2, 0.25) is 0 Å². The Bertz CT molecular complexity index is 743. The van der Waals surface area contributed by atoms with Crippen LogP contribution in [0.4, 0.5) is 14.6 Å². The summed E-state index contributed by atoms with van der Waals surface area (Å²) in [5.74, 6) is 1.42. The lowest BCUT2D eigenvalue weighted by Gasteiger charge is -2.26. The number of hydrogen-bond acceptors (Lipinski definition) is 4. The minimum atomic E-state index is -0.517. The largest absolute Gasteiger partial charge is 0.355 e. The third-order valence-corrected chi connectivity index (χ3v) is 5.09. The van der Waals surface area contributed by atoms with Crippen LogP contribution in [0.25, 0.3) is 0 Å². The van der Waals surface area contributed by atoms with Crippen LogP contribution in [-0.4, -0.2) is 41.0 Å². The monoisotopic (exact) mass is 344 g/mol. The highest BCUT2D eigenvalue weighted by molar-refractivity contribution is 5.39. The zero-order valence-electron chi connectivity index (χ0n) is 14.3. The Morgan fingerprint density at radius 3 is 2.64 bits per heavy atom. The van der Waals surface area contributed by atoms with E-state index < -0.39 is 11.6 Å². The Morgan fingerprint density at radius 2 is 1.92 bits per heavy atom. The molecule has 1 saturated heterocycles. The fourth-order valence-electron chi connectivity index (χ4n) is 3.52. The van der Waals surface area contributed by atoms with Crippen LogP contribution in [-0.2, 0) is 6.54 Å². The molecule has 25 heavy (non-hydrogen) atoms. The smallest absolute Gasteiger partial charge is 0.133 e. The third kappa shape index (κ3) is 3.79. The van der Waals surface area contributed by atoms with Crippen molar-refractivity contribution < 1.29 is 8.78 Å². The molecule has 1 aliphatic heterocycles. The van der Waals surface area contributed by atoms with Crippen LogP contribution in [0, 0.1) is 11.6 Å². The van der Waals surface area contributed by atoms with Gasteiger partial charge in [-0.2, -0.15) is 0 Å². The van der Waals surface area contributed by atoms with Crippen molar-refractivity contribution in [1.82, 2.24) is 14.9 Å². The van der Waals surface area contributed by atoms with Crippen molar-refractivity contribution in [2.45, 2.75) is 37.8 Å². The van der Waals surface area contributed by atoms with Gasteiger partial charge in [0.15, 0.2) is 0 Å². The predicted molar refractivity (Wildman–Crippen MR) is 92.5 cm³/mol. The summed E-state index contributed by atoms with van der Waals surface area (Å²) >= 11 is 0. The van der Waals surface area contributed by atoms with Crippen molar-refractivity contribution in [2.75, 3.05) is 25.0 Å². The van der Waals surface area contributed by atoms with Gasteiger partial charge in [0.25, 0.3) is 0 Å². The molecule has 2 fully saturated rings. The fourth-order valence-corrected chi connectivity index (χ4v) is 3.52. The van der Waals surface area contributed by atoms with E-state index in [0.29, 0.717) is 24.1 Å². The van der Waals surface area contributed by atoms with Crippen LogP contribution < -0.4 is 4.90 Å².